The number of hydrogen-bond acceptors (Lipinski definition) is 3. The van der Waals surface area contributed by atoms with E-state index in [2.05, 4.69) is 27.6 Å². The topological polar surface area (TPSA) is 47.1 Å². The third-order valence-corrected chi connectivity index (χ3v) is 3.91. The molecule has 2 rings (SSSR count). The quantitative estimate of drug-likeness (QED) is 0.869. The van der Waals surface area contributed by atoms with Gasteiger partial charge in [0.1, 0.15) is 0 Å². The van der Waals surface area contributed by atoms with Crippen LogP contribution in [0.25, 0.3) is 0 Å². The van der Waals surface area contributed by atoms with Crippen molar-refractivity contribution in [3.63, 3.8) is 0 Å². The Labute approximate surface area is 110 Å². The second-order valence-electron chi connectivity index (χ2n) is 5.27. The number of rotatable bonds is 5. The lowest BCUT2D eigenvalue weighted by molar-refractivity contribution is 0.184. The van der Waals surface area contributed by atoms with Gasteiger partial charge in [-0.3, -0.25) is 4.90 Å². The minimum Gasteiger partial charge on any atom is -0.336 e. The third kappa shape index (κ3) is 3.56. The van der Waals surface area contributed by atoms with Crippen molar-refractivity contribution in [3.8, 4) is 0 Å². The largest absolute Gasteiger partial charge is 0.336 e. The molecule has 0 radical (unpaired) electrons. The highest BCUT2D eigenvalue weighted by atomic mass is 15.2. The molecule has 0 saturated carbocycles. The lowest BCUT2D eigenvalue weighted by Crippen LogP contribution is -2.33. The van der Waals surface area contributed by atoms with E-state index in [1.807, 2.05) is 6.33 Å². The summed E-state index contributed by atoms with van der Waals surface area (Å²) in [6, 6.07) is 0.743. The first kappa shape index (κ1) is 13.6. The van der Waals surface area contributed by atoms with Crippen LogP contribution >= 0.6 is 0 Å². The molecular formula is C14H26N4. The predicted octanol–water partition coefficient (Wildman–Crippen LogP) is 2.00. The summed E-state index contributed by atoms with van der Waals surface area (Å²) in [6.45, 7) is 6.07. The number of likely N-dealkylation sites (tertiary alicyclic amines) is 1. The average Bonchev–Trinajstić information content (AvgIpc) is 2.69. The average molecular weight is 250 g/mol. The summed E-state index contributed by atoms with van der Waals surface area (Å²) in [6.07, 6.45) is 10.8. The van der Waals surface area contributed by atoms with Crippen LogP contribution in [0.3, 0.4) is 0 Å². The van der Waals surface area contributed by atoms with Crippen LogP contribution in [0.1, 0.15) is 44.7 Å². The fourth-order valence-corrected chi connectivity index (χ4v) is 2.87. The second kappa shape index (κ2) is 6.90. The van der Waals surface area contributed by atoms with E-state index < -0.39 is 0 Å². The fourth-order valence-electron chi connectivity index (χ4n) is 2.87. The van der Waals surface area contributed by atoms with Gasteiger partial charge in [0.2, 0.25) is 0 Å². The SMILES string of the molecule is CCC1CCCCCN1Cc1cn(CCN)cn1. The lowest BCUT2D eigenvalue weighted by atomic mass is 10.1. The van der Waals surface area contributed by atoms with Gasteiger partial charge in [-0.25, -0.2) is 4.98 Å². The first-order valence-corrected chi connectivity index (χ1v) is 7.28. The number of nitrogens with zero attached hydrogens (tertiary/aromatic N) is 3. The highest BCUT2D eigenvalue weighted by molar-refractivity contribution is 4.97. The van der Waals surface area contributed by atoms with E-state index in [0.29, 0.717) is 6.54 Å². The molecule has 4 nitrogen and oxygen atoms in total. The number of aromatic nitrogens is 2. The summed E-state index contributed by atoms with van der Waals surface area (Å²) in [5.74, 6) is 0. The number of nitrogens with two attached hydrogens (primary N) is 1. The van der Waals surface area contributed by atoms with E-state index in [1.54, 1.807) is 0 Å². The van der Waals surface area contributed by atoms with Crippen LogP contribution in [-0.2, 0) is 13.1 Å². The van der Waals surface area contributed by atoms with Gasteiger partial charge in [-0.1, -0.05) is 19.8 Å². The van der Waals surface area contributed by atoms with Gasteiger partial charge in [0.15, 0.2) is 0 Å². The van der Waals surface area contributed by atoms with Gasteiger partial charge in [0.25, 0.3) is 0 Å². The van der Waals surface area contributed by atoms with E-state index in [0.717, 1.165) is 19.1 Å². The van der Waals surface area contributed by atoms with Crippen molar-refractivity contribution in [3.05, 3.63) is 18.2 Å². The Kier molecular flexibility index (Phi) is 5.20. The molecule has 1 aromatic heterocycles. The zero-order chi connectivity index (χ0) is 12.8. The molecule has 1 fully saturated rings. The summed E-state index contributed by atoms with van der Waals surface area (Å²) in [5, 5.41) is 0. The molecule has 102 valence electrons. The summed E-state index contributed by atoms with van der Waals surface area (Å²) in [7, 11) is 0. The molecule has 1 atom stereocenters. The van der Waals surface area contributed by atoms with Gasteiger partial charge < -0.3 is 10.3 Å². The van der Waals surface area contributed by atoms with Crippen molar-refractivity contribution >= 4 is 0 Å². The van der Waals surface area contributed by atoms with Crippen molar-refractivity contribution in [2.45, 2.75) is 58.2 Å². The summed E-state index contributed by atoms with van der Waals surface area (Å²) >= 11 is 0. The van der Waals surface area contributed by atoms with Gasteiger partial charge in [0, 0.05) is 31.9 Å². The molecule has 0 aromatic carbocycles. The Bertz CT molecular complexity index is 347. The van der Waals surface area contributed by atoms with Crippen molar-refractivity contribution in [1.82, 2.24) is 14.5 Å². The minimum atomic E-state index is 0.678. The summed E-state index contributed by atoms with van der Waals surface area (Å²) in [5.41, 5.74) is 6.74. The van der Waals surface area contributed by atoms with Gasteiger partial charge in [0.05, 0.1) is 12.0 Å². The molecule has 18 heavy (non-hydrogen) atoms. The van der Waals surface area contributed by atoms with Crippen LogP contribution in [0.5, 0.6) is 0 Å². The maximum atomic E-state index is 5.56. The summed E-state index contributed by atoms with van der Waals surface area (Å²) < 4.78 is 2.09. The first-order chi connectivity index (χ1) is 8.83. The molecule has 1 unspecified atom stereocenters. The van der Waals surface area contributed by atoms with Crippen molar-refractivity contribution in [2.75, 3.05) is 13.1 Å². The second-order valence-corrected chi connectivity index (χ2v) is 5.27. The molecule has 0 spiro atoms. The van der Waals surface area contributed by atoms with Crippen LogP contribution in [0.2, 0.25) is 0 Å². The highest BCUT2D eigenvalue weighted by Gasteiger charge is 2.19. The van der Waals surface area contributed by atoms with Crippen LogP contribution < -0.4 is 5.73 Å². The maximum absolute atomic E-state index is 5.56. The molecule has 0 bridgehead atoms. The Morgan fingerprint density at radius 2 is 2.28 bits per heavy atom. The van der Waals surface area contributed by atoms with E-state index in [-0.39, 0.29) is 0 Å². The van der Waals surface area contributed by atoms with Crippen LogP contribution in [-0.4, -0.2) is 33.6 Å². The molecule has 1 aliphatic heterocycles. The summed E-state index contributed by atoms with van der Waals surface area (Å²) in [4.78, 5) is 7.11. The maximum Gasteiger partial charge on any atom is 0.0950 e. The molecule has 2 heterocycles. The molecule has 1 saturated heterocycles. The Morgan fingerprint density at radius 1 is 1.39 bits per heavy atom. The van der Waals surface area contributed by atoms with Gasteiger partial charge >= 0.3 is 0 Å². The normalized spacial score (nSPS) is 22.0. The Balaban J connectivity index is 1.96. The third-order valence-electron chi connectivity index (χ3n) is 3.91. The first-order valence-electron chi connectivity index (χ1n) is 7.28. The smallest absolute Gasteiger partial charge is 0.0950 e. The standard InChI is InChI=1S/C14H26N4/c1-2-14-6-4-3-5-8-18(14)11-13-10-17(9-7-15)12-16-13/h10,12,14H,2-9,11,15H2,1H3. The number of imidazole rings is 1. The van der Waals surface area contributed by atoms with E-state index in [9.17, 15) is 0 Å². The lowest BCUT2D eigenvalue weighted by Gasteiger charge is -2.28. The zero-order valence-corrected chi connectivity index (χ0v) is 11.5. The molecule has 1 aromatic rings. The van der Waals surface area contributed by atoms with E-state index in [1.165, 1.54) is 44.3 Å². The highest BCUT2D eigenvalue weighted by Crippen LogP contribution is 2.20. The van der Waals surface area contributed by atoms with Gasteiger partial charge in [-0.15, -0.1) is 0 Å². The van der Waals surface area contributed by atoms with Crippen LogP contribution in [0.15, 0.2) is 12.5 Å². The van der Waals surface area contributed by atoms with Gasteiger partial charge in [-0.2, -0.15) is 0 Å². The van der Waals surface area contributed by atoms with Crippen LogP contribution in [0.4, 0.5) is 0 Å². The van der Waals surface area contributed by atoms with E-state index in [4.69, 9.17) is 5.73 Å². The fraction of sp³-hybridized carbons (Fsp3) is 0.786. The zero-order valence-electron chi connectivity index (χ0n) is 11.5. The molecule has 0 aliphatic carbocycles. The molecule has 2 N–H and O–H groups in total. The van der Waals surface area contributed by atoms with E-state index >= 15 is 0 Å². The molecular weight excluding hydrogens is 224 g/mol. The molecule has 1 aliphatic rings. The van der Waals surface area contributed by atoms with Crippen molar-refractivity contribution in [1.29, 1.82) is 0 Å². The molecule has 4 heteroatoms. The van der Waals surface area contributed by atoms with Gasteiger partial charge in [-0.05, 0) is 25.8 Å². The monoisotopic (exact) mass is 250 g/mol. The van der Waals surface area contributed by atoms with Crippen LogP contribution in [0, 0.1) is 0 Å². The Morgan fingerprint density at radius 3 is 3.06 bits per heavy atom. The predicted molar refractivity (Wildman–Crippen MR) is 74.2 cm³/mol. The van der Waals surface area contributed by atoms with Crippen molar-refractivity contribution < 1.29 is 0 Å². The number of hydrogen-bond donors (Lipinski definition) is 1. The van der Waals surface area contributed by atoms with Crippen molar-refractivity contribution in [2.24, 2.45) is 5.73 Å². The molecule has 0 amide bonds. The minimum absolute atomic E-state index is 0.678. The Hall–Kier alpha value is -0.870.